The summed E-state index contributed by atoms with van der Waals surface area (Å²) in [7, 11) is 0. The zero-order valence-corrected chi connectivity index (χ0v) is 12.9. The van der Waals surface area contributed by atoms with Crippen LogP contribution in [0.25, 0.3) is 0 Å². The summed E-state index contributed by atoms with van der Waals surface area (Å²) >= 11 is 3.18. The van der Waals surface area contributed by atoms with Gasteiger partial charge in [0.05, 0.1) is 5.69 Å². The number of urea groups is 1. The van der Waals surface area contributed by atoms with E-state index in [4.69, 9.17) is 0 Å². The number of benzene rings is 1. The molecule has 7 heteroatoms. The number of thioether (sulfide) groups is 1. The SMILES string of the molecule is O=C1[C@H]2CS[C@@H](c3cccs3)N2C(=O)N1c1ccc(F)cc1. The molecule has 2 saturated heterocycles. The Labute approximate surface area is 134 Å². The first kappa shape index (κ1) is 13.8. The van der Waals surface area contributed by atoms with E-state index in [2.05, 4.69) is 0 Å². The average molecular weight is 334 g/mol. The number of carbonyl (C=O) groups is 2. The van der Waals surface area contributed by atoms with Gasteiger partial charge in [-0.05, 0) is 35.7 Å². The smallest absolute Gasteiger partial charge is 0.294 e. The van der Waals surface area contributed by atoms with Crippen LogP contribution in [0.5, 0.6) is 0 Å². The van der Waals surface area contributed by atoms with Gasteiger partial charge in [-0.25, -0.2) is 14.1 Å². The maximum atomic E-state index is 13.0. The van der Waals surface area contributed by atoms with Crippen LogP contribution in [0.3, 0.4) is 0 Å². The standard InChI is InChI=1S/C15H11FN2O2S2/c16-9-3-5-10(6-4-9)17-13(19)11-8-22-14(18(11)15(17)20)12-2-1-7-21-12/h1-7,11,14H,8H2/t11-,14+/m1/s1. The number of nitrogens with zero attached hydrogens (tertiary/aromatic N) is 2. The fourth-order valence-electron chi connectivity index (χ4n) is 2.77. The Morgan fingerprint density at radius 3 is 2.59 bits per heavy atom. The Hall–Kier alpha value is -1.86. The first-order valence-electron chi connectivity index (χ1n) is 6.73. The van der Waals surface area contributed by atoms with E-state index in [-0.39, 0.29) is 17.3 Å². The molecule has 0 aliphatic carbocycles. The topological polar surface area (TPSA) is 40.6 Å². The number of hydrogen-bond donors (Lipinski definition) is 0. The van der Waals surface area contributed by atoms with Crippen molar-refractivity contribution in [3.63, 3.8) is 0 Å². The van der Waals surface area contributed by atoms with Gasteiger partial charge in [0.25, 0.3) is 5.91 Å². The van der Waals surface area contributed by atoms with E-state index >= 15 is 0 Å². The molecule has 1 aromatic carbocycles. The highest BCUT2D eigenvalue weighted by Gasteiger charge is 2.53. The van der Waals surface area contributed by atoms with Crippen LogP contribution in [-0.2, 0) is 4.79 Å². The Morgan fingerprint density at radius 1 is 1.14 bits per heavy atom. The first-order valence-corrected chi connectivity index (χ1v) is 8.66. The number of halogens is 1. The molecule has 4 rings (SSSR count). The van der Waals surface area contributed by atoms with Crippen molar-refractivity contribution in [1.82, 2.24) is 4.90 Å². The molecule has 0 saturated carbocycles. The van der Waals surface area contributed by atoms with E-state index in [0.29, 0.717) is 11.4 Å². The molecule has 1 aromatic heterocycles. The lowest BCUT2D eigenvalue weighted by Gasteiger charge is -2.21. The van der Waals surface area contributed by atoms with E-state index in [1.165, 1.54) is 24.3 Å². The summed E-state index contributed by atoms with van der Waals surface area (Å²) < 4.78 is 13.0. The maximum absolute atomic E-state index is 13.0. The second-order valence-corrected chi connectivity index (χ2v) is 7.15. The Bertz CT molecular complexity index is 733. The van der Waals surface area contributed by atoms with Crippen molar-refractivity contribution in [2.24, 2.45) is 0 Å². The number of thiophene rings is 1. The minimum atomic E-state index is -0.436. The molecule has 2 aliphatic heterocycles. The lowest BCUT2D eigenvalue weighted by Crippen LogP contribution is -2.33. The monoisotopic (exact) mass is 334 g/mol. The summed E-state index contributed by atoms with van der Waals surface area (Å²) in [5.41, 5.74) is 0.417. The highest BCUT2D eigenvalue weighted by molar-refractivity contribution is 7.99. The number of hydrogen-bond acceptors (Lipinski definition) is 4. The summed E-state index contributed by atoms with van der Waals surface area (Å²) in [6, 6.07) is 8.58. The van der Waals surface area contributed by atoms with Crippen LogP contribution < -0.4 is 4.90 Å². The highest BCUT2D eigenvalue weighted by atomic mass is 32.2. The quantitative estimate of drug-likeness (QED) is 0.790. The second-order valence-electron chi connectivity index (χ2n) is 5.06. The largest absolute Gasteiger partial charge is 0.333 e. The van der Waals surface area contributed by atoms with Gasteiger partial charge in [-0.1, -0.05) is 6.07 Å². The number of anilines is 1. The average Bonchev–Trinajstić information content (AvgIpc) is 3.21. The summed E-state index contributed by atoms with van der Waals surface area (Å²) in [6.07, 6.45) is 0. The van der Waals surface area contributed by atoms with Crippen LogP contribution in [0.1, 0.15) is 10.3 Å². The van der Waals surface area contributed by atoms with E-state index < -0.39 is 11.9 Å². The normalized spacial score (nSPS) is 24.2. The molecule has 2 aliphatic rings. The van der Waals surface area contributed by atoms with Gasteiger partial charge < -0.3 is 0 Å². The number of amides is 3. The molecule has 3 amide bonds. The fraction of sp³-hybridized carbons (Fsp3) is 0.200. The van der Waals surface area contributed by atoms with E-state index in [1.54, 1.807) is 28.0 Å². The van der Waals surface area contributed by atoms with E-state index in [1.807, 2.05) is 17.5 Å². The van der Waals surface area contributed by atoms with Crippen LogP contribution in [-0.4, -0.2) is 28.6 Å². The fourth-order valence-corrected chi connectivity index (χ4v) is 5.15. The predicted molar refractivity (Wildman–Crippen MR) is 84.4 cm³/mol. The lowest BCUT2D eigenvalue weighted by atomic mass is 10.2. The van der Waals surface area contributed by atoms with Crippen LogP contribution >= 0.6 is 23.1 Å². The van der Waals surface area contributed by atoms with Crippen molar-refractivity contribution in [1.29, 1.82) is 0 Å². The van der Waals surface area contributed by atoms with Crippen molar-refractivity contribution in [2.45, 2.75) is 11.4 Å². The molecule has 2 atom stereocenters. The minimum absolute atomic E-state index is 0.119. The lowest BCUT2D eigenvalue weighted by molar-refractivity contribution is -0.119. The van der Waals surface area contributed by atoms with Crippen LogP contribution in [0.4, 0.5) is 14.9 Å². The molecule has 0 bridgehead atoms. The molecule has 0 N–H and O–H groups in total. The molecule has 3 heterocycles. The van der Waals surface area contributed by atoms with Gasteiger partial charge in [0.15, 0.2) is 0 Å². The van der Waals surface area contributed by atoms with Gasteiger partial charge >= 0.3 is 6.03 Å². The molecule has 0 radical (unpaired) electrons. The Morgan fingerprint density at radius 2 is 1.91 bits per heavy atom. The maximum Gasteiger partial charge on any atom is 0.333 e. The van der Waals surface area contributed by atoms with Gasteiger partial charge in [0.2, 0.25) is 0 Å². The summed E-state index contributed by atoms with van der Waals surface area (Å²) in [6.45, 7) is 0. The second kappa shape index (κ2) is 5.10. The van der Waals surface area contributed by atoms with Crippen LogP contribution in [0.2, 0.25) is 0 Å². The van der Waals surface area contributed by atoms with Gasteiger partial charge in [-0.3, -0.25) is 9.69 Å². The van der Waals surface area contributed by atoms with Crippen molar-refractivity contribution < 1.29 is 14.0 Å². The number of fused-ring (bicyclic) bond motifs is 1. The third kappa shape index (κ3) is 1.96. The molecular formula is C15H11FN2O2S2. The van der Waals surface area contributed by atoms with Crippen molar-refractivity contribution >= 4 is 40.7 Å². The Balaban J connectivity index is 1.69. The van der Waals surface area contributed by atoms with Crippen LogP contribution in [0.15, 0.2) is 41.8 Å². The predicted octanol–water partition coefficient (Wildman–Crippen LogP) is 3.47. The van der Waals surface area contributed by atoms with Gasteiger partial charge in [-0.2, -0.15) is 0 Å². The van der Waals surface area contributed by atoms with Crippen molar-refractivity contribution in [2.75, 3.05) is 10.7 Å². The van der Waals surface area contributed by atoms with Gasteiger partial charge in [0.1, 0.15) is 17.2 Å². The van der Waals surface area contributed by atoms with Gasteiger partial charge in [0, 0.05) is 10.6 Å². The summed E-state index contributed by atoms with van der Waals surface area (Å²) in [5, 5.41) is 1.84. The van der Waals surface area contributed by atoms with E-state index in [0.717, 1.165) is 9.78 Å². The van der Waals surface area contributed by atoms with Crippen molar-refractivity contribution in [3.8, 4) is 0 Å². The number of rotatable bonds is 2. The van der Waals surface area contributed by atoms with Crippen LogP contribution in [0, 0.1) is 5.82 Å². The van der Waals surface area contributed by atoms with Gasteiger partial charge in [-0.15, -0.1) is 23.1 Å². The van der Waals surface area contributed by atoms with E-state index in [9.17, 15) is 14.0 Å². The van der Waals surface area contributed by atoms with Crippen molar-refractivity contribution in [3.05, 3.63) is 52.5 Å². The highest BCUT2D eigenvalue weighted by Crippen LogP contribution is 2.47. The summed E-state index contributed by atoms with van der Waals surface area (Å²) in [5.74, 6) is -0.0382. The molecule has 2 fully saturated rings. The number of imide groups is 1. The summed E-state index contributed by atoms with van der Waals surface area (Å²) in [4.78, 5) is 29.1. The third-order valence-electron chi connectivity index (χ3n) is 3.79. The first-order chi connectivity index (χ1) is 10.7. The Kier molecular flexibility index (Phi) is 3.19. The number of carbonyl (C=O) groups excluding carboxylic acids is 2. The third-order valence-corrected chi connectivity index (χ3v) is 6.17. The molecule has 4 nitrogen and oxygen atoms in total. The molecular weight excluding hydrogens is 323 g/mol. The molecule has 22 heavy (non-hydrogen) atoms. The zero-order valence-electron chi connectivity index (χ0n) is 11.3. The zero-order chi connectivity index (χ0) is 15.3. The molecule has 0 unspecified atom stereocenters. The molecule has 112 valence electrons. The molecule has 0 spiro atoms. The molecule has 2 aromatic rings. The minimum Gasteiger partial charge on any atom is -0.294 e.